The molecule has 0 aliphatic heterocycles. The Kier molecular flexibility index (Phi) is 3.53. The zero-order chi connectivity index (χ0) is 15.0. The summed E-state index contributed by atoms with van der Waals surface area (Å²) in [5, 5.41) is 13.0. The van der Waals surface area contributed by atoms with E-state index in [-0.39, 0.29) is 0 Å². The lowest BCUT2D eigenvalue weighted by molar-refractivity contribution is 0.787. The maximum atomic E-state index is 6.24. The van der Waals surface area contributed by atoms with Crippen molar-refractivity contribution in [2.24, 2.45) is 0 Å². The Balaban J connectivity index is 2.22. The lowest BCUT2D eigenvalue weighted by Gasteiger charge is -2.10. The van der Waals surface area contributed by atoms with Crippen molar-refractivity contribution in [1.82, 2.24) is 20.2 Å². The van der Waals surface area contributed by atoms with Gasteiger partial charge in [-0.2, -0.15) is 4.68 Å². The lowest BCUT2D eigenvalue weighted by atomic mass is 10.1. The number of aromatic nitrogens is 4. The van der Waals surface area contributed by atoms with Gasteiger partial charge in [-0.3, -0.25) is 0 Å². The molecule has 0 saturated heterocycles. The van der Waals surface area contributed by atoms with Crippen LogP contribution in [0.4, 0.5) is 5.69 Å². The minimum absolute atomic E-state index is 0.489. The first-order valence-electron chi connectivity index (χ1n) is 6.17. The van der Waals surface area contributed by atoms with Crippen LogP contribution >= 0.6 is 23.2 Å². The highest BCUT2D eigenvalue weighted by Crippen LogP contribution is 2.33. The summed E-state index contributed by atoms with van der Waals surface area (Å²) in [7, 11) is 0. The van der Waals surface area contributed by atoms with Gasteiger partial charge < -0.3 is 5.73 Å². The molecule has 106 valence electrons. The van der Waals surface area contributed by atoms with Crippen LogP contribution < -0.4 is 5.73 Å². The Labute approximate surface area is 131 Å². The van der Waals surface area contributed by atoms with E-state index in [1.54, 1.807) is 28.9 Å². The van der Waals surface area contributed by atoms with Crippen molar-refractivity contribution in [2.45, 2.75) is 6.92 Å². The molecule has 0 radical (unpaired) electrons. The number of nitrogen functional groups attached to an aromatic ring is 1. The van der Waals surface area contributed by atoms with E-state index in [1.165, 1.54) is 0 Å². The third-order valence-corrected chi connectivity index (χ3v) is 3.68. The molecule has 0 spiro atoms. The largest absolute Gasteiger partial charge is 0.398 e. The number of anilines is 1. The summed E-state index contributed by atoms with van der Waals surface area (Å²) < 4.78 is 1.60. The average Bonchev–Trinajstić information content (AvgIpc) is 2.87. The first kappa shape index (κ1) is 13.9. The van der Waals surface area contributed by atoms with E-state index in [2.05, 4.69) is 15.5 Å². The molecule has 0 fully saturated rings. The minimum Gasteiger partial charge on any atom is -0.398 e. The predicted molar refractivity (Wildman–Crippen MR) is 83.8 cm³/mol. The van der Waals surface area contributed by atoms with Crippen LogP contribution in [0, 0.1) is 6.92 Å². The summed E-state index contributed by atoms with van der Waals surface area (Å²) in [4.78, 5) is 0. The Bertz CT molecular complexity index is 793. The van der Waals surface area contributed by atoms with Gasteiger partial charge in [0.05, 0.1) is 16.3 Å². The van der Waals surface area contributed by atoms with Crippen LogP contribution in [-0.2, 0) is 0 Å². The van der Waals surface area contributed by atoms with Crippen molar-refractivity contribution in [3.8, 4) is 17.1 Å². The monoisotopic (exact) mass is 319 g/mol. The van der Waals surface area contributed by atoms with Gasteiger partial charge in [0, 0.05) is 10.7 Å². The highest BCUT2D eigenvalue weighted by Gasteiger charge is 2.17. The fourth-order valence-electron chi connectivity index (χ4n) is 2.14. The van der Waals surface area contributed by atoms with E-state index < -0.39 is 0 Å². The van der Waals surface area contributed by atoms with Gasteiger partial charge in [-0.25, -0.2) is 0 Å². The highest BCUT2D eigenvalue weighted by molar-refractivity contribution is 6.33. The number of rotatable bonds is 2. The molecule has 21 heavy (non-hydrogen) atoms. The number of nitrogens with zero attached hydrogens (tertiary/aromatic N) is 4. The Morgan fingerprint density at radius 3 is 2.67 bits per heavy atom. The van der Waals surface area contributed by atoms with E-state index in [0.29, 0.717) is 27.1 Å². The third kappa shape index (κ3) is 2.46. The Morgan fingerprint density at radius 2 is 1.95 bits per heavy atom. The van der Waals surface area contributed by atoms with Gasteiger partial charge in [-0.1, -0.05) is 29.3 Å². The molecule has 3 aromatic rings. The minimum atomic E-state index is 0.489. The number of aryl methyl sites for hydroxylation is 1. The van der Waals surface area contributed by atoms with Gasteiger partial charge in [-0.05, 0) is 53.2 Å². The number of halogens is 2. The number of benzene rings is 2. The van der Waals surface area contributed by atoms with Gasteiger partial charge in [0.1, 0.15) is 0 Å². The summed E-state index contributed by atoms with van der Waals surface area (Å²) >= 11 is 12.2. The van der Waals surface area contributed by atoms with Crippen molar-refractivity contribution >= 4 is 28.9 Å². The molecular weight excluding hydrogens is 309 g/mol. The number of hydrogen-bond donors (Lipinski definition) is 1. The zero-order valence-corrected chi connectivity index (χ0v) is 12.6. The van der Waals surface area contributed by atoms with Crippen molar-refractivity contribution in [1.29, 1.82) is 0 Å². The Morgan fingerprint density at radius 1 is 1.14 bits per heavy atom. The van der Waals surface area contributed by atoms with Crippen LogP contribution in [-0.4, -0.2) is 20.2 Å². The summed E-state index contributed by atoms with van der Waals surface area (Å²) in [6.07, 6.45) is 0. The van der Waals surface area contributed by atoms with Crippen molar-refractivity contribution in [3.05, 3.63) is 52.0 Å². The molecule has 1 aromatic heterocycles. The quantitative estimate of drug-likeness (QED) is 0.733. The molecule has 0 bridgehead atoms. The fourth-order valence-corrected chi connectivity index (χ4v) is 2.63. The molecule has 5 nitrogen and oxygen atoms in total. The molecule has 2 N–H and O–H groups in total. The zero-order valence-electron chi connectivity index (χ0n) is 11.1. The molecule has 0 unspecified atom stereocenters. The molecule has 0 atom stereocenters. The Hall–Kier alpha value is -2.11. The number of tetrazole rings is 1. The molecule has 0 amide bonds. The molecule has 0 aliphatic carbocycles. The lowest BCUT2D eigenvalue weighted by Crippen LogP contribution is -2.04. The van der Waals surface area contributed by atoms with Crippen LogP contribution in [0.25, 0.3) is 17.1 Å². The van der Waals surface area contributed by atoms with E-state index in [0.717, 1.165) is 11.3 Å². The SMILES string of the molecule is Cc1cc(Cl)ccc1-n1nnnc1-c1c(N)cccc1Cl. The fraction of sp³-hybridized carbons (Fsp3) is 0.0714. The van der Waals surface area contributed by atoms with E-state index in [1.807, 2.05) is 19.1 Å². The summed E-state index contributed by atoms with van der Waals surface area (Å²) in [5.41, 5.74) is 8.90. The molecule has 0 saturated carbocycles. The van der Waals surface area contributed by atoms with Gasteiger partial charge in [-0.15, -0.1) is 5.10 Å². The molecule has 7 heteroatoms. The number of nitrogens with two attached hydrogens (primary N) is 1. The third-order valence-electron chi connectivity index (χ3n) is 3.13. The van der Waals surface area contributed by atoms with Crippen LogP contribution in [0.3, 0.4) is 0 Å². The second kappa shape index (κ2) is 5.35. The standard InChI is InChI=1S/C14H11Cl2N5/c1-8-7-9(15)5-6-12(8)21-14(18-19-20-21)13-10(16)3-2-4-11(13)17/h2-7H,17H2,1H3. The predicted octanol–water partition coefficient (Wildman–Crippen LogP) is 3.53. The van der Waals surface area contributed by atoms with Crippen molar-refractivity contribution < 1.29 is 0 Å². The first-order valence-corrected chi connectivity index (χ1v) is 6.93. The van der Waals surface area contributed by atoms with E-state index in [4.69, 9.17) is 28.9 Å². The van der Waals surface area contributed by atoms with E-state index in [9.17, 15) is 0 Å². The second-order valence-electron chi connectivity index (χ2n) is 4.55. The maximum absolute atomic E-state index is 6.24. The highest BCUT2D eigenvalue weighted by atomic mass is 35.5. The topological polar surface area (TPSA) is 69.6 Å². The molecule has 1 heterocycles. The average molecular weight is 320 g/mol. The summed E-state index contributed by atoms with van der Waals surface area (Å²) in [6, 6.07) is 10.8. The van der Waals surface area contributed by atoms with Crippen LogP contribution in [0.1, 0.15) is 5.56 Å². The van der Waals surface area contributed by atoms with Gasteiger partial charge in [0.2, 0.25) is 0 Å². The van der Waals surface area contributed by atoms with Crippen molar-refractivity contribution in [3.63, 3.8) is 0 Å². The molecular formula is C14H11Cl2N5. The summed E-state index contributed by atoms with van der Waals surface area (Å²) in [6.45, 7) is 1.93. The maximum Gasteiger partial charge on any atom is 0.190 e. The van der Waals surface area contributed by atoms with Gasteiger partial charge in [0.15, 0.2) is 5.82 Å². The van der Waals surface area contributed by atoms with Crippen LogP contribution in [0.15, 0.2) is 36.4 Å². The van der Waals surface area contributed by atoms with Gasteiger partial charge >= 0.3 is 0 Å². The first-order chi connectivity index (χ1) is 10.1. The second-order valence-corrected chi connectivity index (χ2v) is 5.39. The molecule has 2 aromatic carbocycles. The van der Waals surface area contributed by atoms with Gasteiger partial charge in [0.25, 0.3) is 0 Å². The van der Waals surface area contributed by atoms with E-state index >= 15 is 0 Å². The summed E-state index contributed by atoms with van der Waals surface area (Å²) in [5.74, 6) is 0.489. The molecule has 0 aliphatic rings. The normalized spacial score (nSPS) is 10.8. The van der Waals surface area contributed by atoms with Crippen LogP contribution in [0.2, 0.25) is 10.0 Å². The number of hydrogen-bond acceptors (Lipinski definition) is 4. The van der Waals surface area contributed by atoms with Crippen molar-refractivity contribution in [2.75, 3.05) is 5.73 Å². The molecule has 3 rings (SSSR count). The smallest absolute Gasteiger partial charge is 0.190 e. The van der Waals surface area contributed by atoms with Crippen LogP contribution in [0.5, 0.6) is 0 Å².